The van der Waals surface area contributed by atoms with Crippen LogP contribution in [0.4, 0.5) is 0 Å². The second kappa shape index (κ2) is 10.3. The van der Waals surface area contributed by atoms with E-state index in [1.807, 2.05) is 24.3 Å². The number of nitrogens with one attached hydrogen (secondary N) is 2. The van der Waals surface area contributed by atoms with Gasteiger partial charge in [0.25, 0.3) is 0 Å². The summed E-state index contributed by atoms with van der Waals surface area (Å²) in [5.41, 5.74) is 2.24. The third-order valence-electron chi connectivity index (χ3n) is 5.49. The molecule has 0 saturated carbocycles. The van der Waals surface area contributed by atoms with Crippen molar-refractivity contribution in [2.24, 2.45) is 5.92 Å². The van der Waals surface area contributed by atoms with E-state index >= 15 is 0 Å². The van der Waals surface area contributed by atoms with E-state index < -0.39 is 0 Å². The summed E-state index contributed by atoms with van der Waals surface area (Å²) in [6, 6.07) is 14.4. The largest absolute Gasteiger partial charge is 0.493 e. The lowest BCUT2D eigenvalue weighted by Crippen LogP contribution is -2.34. The highest BCUT2D eigenvalue weighted by molar-refractivity contribution is 5.88. The van der Waals surface area contributed by atoms with Crippen LogP contribution in [-0.4, -0.2) is 29.0 Å². The Morgan fingerprint density at radius 2 is 2.03 bits per heavy atom. The van der Waals surface area contributed by atoms with Gasteiger partial charge in [-0.2, -0.15) is 0 Å². The van der Waals surface area contributed by atoms with Crippen LogP contribution in [0.2, 0.25) is 0 Å². The molecule has 5 nitrogen and oxygen atoms in total. The summed E-state index contributed by atoms with van der Waals surface area (Å²) in [5, 5.41) is 5.45. The first-order chi connectivity index (χ1) is 13.8. The monoisotopic (exact) mass is 417 g/mol. The molecule has 0 spiro atoms. The quantitative estimate of drug-likeness (QED) is 0.509. The molecule has 1 aliphatic rings. The second-order valence-corrected chi connectivity index (χ2v) is 7.44. The van der Waals surface area contributed by atoms with E-state index in [4.69, 9.17) is 4.74 Å². The number of ether oxygens (including phenoxy) is 1. The van der Waals surface area contributed by atoms with Crippen molar-refractivity contribution >= 4 is 29.1 Å². The number of rotatable bonds is 8. The summed E-state index contributed by atoms with van der Waals surface area (Å²) >= 11 is 0. The van der Waals surface area contributed by atoms with Gasteiger partial charge in [-0.1, -0.05) is 36.4 Å². The smallest absolute Gasteiger partial charge is 0.223 e. The van der Waals surface area contributed by atoms with Crippen molar-refractivity contribution in [3.8, 4) is 5.75 Å². The lowest BCUT2D eigenvalue weighted by molar-refractivity contribution is -0.125. The number of imidazole rings is 1. The van der Waals surface area contributed by atoms with E-state index in [0.29, 0.717) is 6.61 Å². The van der Waals surface area contributed by atoms with Crippen LogP contribution >= 0.6 is 12.4 Å². The van der Waals surface area contributed by atoms with Gasteiger partial charge in [-0.15, -0.1) is 12.4 Å². The van der Waals surface area contributed by atoms with Crippen molar-refractivity contribution < 1.29 is 12.4 Å². The molecule has 0 saturated heterocycles. The number of hydrogen-bond donors (Lipinski definition) is 2. The van der Waals surface area contributed by atoms with Crippen LogP contribution < -0.4 is 10.1 Å². The molecule has 0 radical (unpaired) electrons. The second-order valence-electron chi connectivity index (χ2n) is 7.44. The van der Waals surface area contributed by atoms with Gasteiger partial charge in [0.2, 0.25) is 5.91 Å². The number of amides is 1. The van der Waals surface area contributed by atoms with Crippen molar-refractivity contribution in [1.29, 1.82) is 0 Å². The standard InChI is InChI=1S/C23H27N3O2.ClH.2H2/c27-23(18-11-12-20-21(15-18)26-16-25-20)24-13-4-1-5-14-28-22-10-6-8-17-7-2-3-9-19(17)22;;;/h2-3,6-10,16,18H,1,4-5,11-15H2,(H,24,27)(H,25,26);3*1H. The minimum atomic E-state index is 0. The SMILES string of the molecule is Cl.O=C(NCCCCCOc1cccc2ccccc12)C1CCc2nc[nH]c2C1.[HH].[HH]. The van der Waals surface area contributed by atoms with Crippen LogP contribution in [0.25, 0.3) is 10.8 Å². The highest BCUT2D eigenvalue weighted by Crippen LogP contribution is 2.25. The summed E-state index contributed by atoms with van der Waals surface area (Å²) < 4.78 is 5.97. The Labute approximate surface area is 180 Å². The first kappa shape index (κ1) is 21.2. The zero-order chi connectivity index (χ0) is 19.2. The number of aromatic nitrogens is 2. The molecule has 29 heavy (non-hydrogen) atoms. The number of hydrogen-bond acceptors (Lipinski definition) is 3. The maximum atomic E-state index is 12.4. The van der Waals surface area contributed by atoms with Gasteiger partial charge in [0.05, 0.1) is 18.6 Å². The number of H-pyrrole nitrogens is 1. The average molecular weight is 418 g/mol. The maximum absolute atomic E-state index is 12.4. The summed E-state index contributed by atoms with van der Waals surface area (Å²) in [4.78, 5) is 19.8. The van der Waals surface area contributed by atoms with Crippen LogP contribution in [0.3, 0.4) is 0 Å². The molecule has 1 aromatic heterocycles. The Hall–Kier alpha value is -2.53. The fraction of sp³-hybridized carbons (Fsp3) is 0.391. The molecule has 1 aliphatic carbocycles. The Morgan fingerprint density at radius 3 is 2.97 bits per heavy atom. The first-order valence-electron chi connectivity index (χ1n) is 10.2. The van der Waals surface area contributed by atoms with Crippen LogP contribution in [0.5, 0.6) is 5.75 Å². The van der Waals surface area contributed by atoms with E-state index in [2.05, 4.69) is 33.5 Å². The number of aryl methyl sites for hydroxylation is 1. The lowest BCUT2D eigenvalue weighted by Gasteiger charge is -2.20. The average Bonchev–Trinajstić information content (AvgIpc) is 3.21. The number of carbonyl (C=O) groups is 1. The van der Waals surface area contributed by atoms with Crippen LogP contribution in [-0.2, 0) is 17.6 Å². The normalized spacial score (nSPS) is 15.4. The number of halogens is 1. The highest BCUT2D eigenvalue weighted by atomic mass is 35.5. The Bertz CT molecular complexity index is 946. The molecule has 1 unspecified atom stereocenters. The minimum Gasteiger partial charge on any atom is -0.493 e. The predicted molar refractivity (Wildman–Crippen MR) is 122 cm³/mol. The van der Waals surface area contributed by atoms with Crippen molar-refractivity contribution in [2.75, 3.05) is 13.2 Å². The molecule has 4 rings (SSSR count). The van der Waals surface area contributed by atoms with E-state index in [9.17, 15) is 4.79 Å². The molecule has 2 aromatic carbocycles. The number of carbonyl (C=O) groups excluding carboxylic acids is 1. The minimum absolute atomic E-state index is 0. The number of unbranched alkanes of at least 4 members (excludes halogenated alkanes) is 2. The summed E-state index contributed by atoms with van der Waals surface area (Å²) in [5.74, 6) is 1.19. The van der Waals surface area contributed by atoms with Crippen molar-refractivity contribution in [2.45, 2.75) is 38.5 Å². The topological polar surface area (TPSA) is 67.0 Å². The van der Waals surface area contributed by atoms with Gasteiger partial charge in [0.15, 0.2) is 0 Å². The van der Waals surface area contributed by atoms with Crippen LogP contribution in [0, 0.1) is 5.92 Å². The number of aromatic amines is 1. The molecule has 0 bridgehead atoms. The van der Waals surface area contributed by atoms with Gasteiger partial charge in [-0.05, 0) is 43.6 Å². The van der Waals surface area contributed by atoms with Gasteiger partial charge in [-0.3, -0.25) is 4.79 Å². The molecule has 6 heteroatoms. The van der Waals surface area contributed by atoms with Crippen molar-refractivity contribution in [3.05, 3.63) is 60.2 Å². The predicted octanol–water partition coefficient (Wildman–Crippen LogP) is 4.95. The summed E-state index contributed by atoms with van der Waals surface area (Å²) in [6.07, 6.45) is 7.30. The fourth-order valence-corrected chi connectivity index (χ4v) is 3.89. The van der Waals surface area contributed by atoms with Gasteiger partial charge in [0, 0.05) is 32.8 Å². The molecule has 158 valence electrons. The number of nitrogens with zero attached hydrogens (tertiary/aromatic N) is 1. The number of benzene rings is 2. The highest BCUT2D eigenvalue weighted by Gasteiger charge is 2.25. The van der Waals surface area contributed by atoms with Crippen LogP contribution in [0.15, 0.2) is 48.8 Å². The van der Waals surface area contributed by atoms with Gasteiger partial charge < -0.3 is 15.0 Å². The van der Waals surface area contributed by atoms with Crippen LogP contribution in [0.1, 0.15) is 39.9 Å². The summed E-state index contributed by atoms with van der Waals surface area (Å²) in [6.45, 7) is 1.44. The number of fused-ring (bicyclic) bond motifs is 2. The van der Waals surface area contributed by atoms with Gasteiger partial charge in [-0.25, -0.2) is 4.98 Å². The van der Waals surface area contributed by atoms with Crippen molar-refractivity contribution in [3.63, 3.8) is 0 Å². The molecule has 3 aromatic rings. The first-order valence-corrected chi connectivity index (χ1v) is 10.2. The van der Waals surface area contributed by atoms with Gasteiger partial charge >= 0.3 is 0 Å². The van der Waals surface area contributed by atoms with Gasteiger partial charge in [0.1, 0.15) is 5.75 Å². The zero-order valence-corrected chi connectivity index (χ0v) is 17.3. The fourth-order valence-electron chi connectivity index (χ4n) is 3.89. The molecular formula is C23H32ClN3O2. The molecule has 1 heterocycles. The molecule has 0 aliphatic heterocycles. The van der Waals surface area contributed by atoms with E-state index in [-0.39, 0.29) is 27.1 Å². The lowest BCUT2D eigenvalue weighted by atomic mass is 9.89. The molecule has 2 N–H and O–H groups in total. The Morgan fingerprint density at radius 1 is 1.17 bits per heavy atom. The molecule has 1 amide bonds. The van der Waals surface area contributed by atoms with E-state index in [1.54, 1.807) is 6.33 Å². The van der Waals surface area contributed by atoms with E-state index in [1.165, 1.54) is 5.39 Å². The molecule has 0 fully saturated rings. The molecular weight excluding hydrogens is 386 g/mol. The van der Waals surface area contributed by atoms with E-state index in [0.717, 1.165) is 67.6 Å². The zero-order valence-electron chi connectivity index (χ0n) is 16.5. The maximum Gasteiger partial charge on any atom is 0.223 e. The Balaban J connectivity index is 0.00000160. The summed E-state index contributed by atoms with van der Waals surface area (Å²) in [7, 11) is 0. The molecule has 1 atom stereocenters. The Kier molecular flexibility index (Phi) is 7.53. The van der Waals surface area contributed by atoms with Crippen molar-refractivity contribution in [1.82, 2.24) is 15.3 Å². The third-order valence-corrected chi connectivity index (χ3v) is 5.49. The third kappa shape index (κ3) is 5.30.